The molecule has 0 aliphatic rings. The van der Waals surface area contributed by atoms with Crippen molar-refractivity contribution in [2.45, 2.75) is 105 Å². The van der Waals surface area contributed by atoms with Crippen molar-refractivity contribution in [3.8, 4) is 0 Å². The monoisotopic (exact) mass is 438 g/mol. The normalized spacial score (nSPS) is 10.4. The van der Waals surface area contributed by atoms with Crippen LogP contribution in [0.3, 0.4) is 0 Å². The number of Topliss-reactive ketones (excluding diaryl/α,β-unsaturated/α-hetero) is 1. The Bertz CT molecular complexity index is 275. The molecule has 6 nitrogen and oxygen atoms in total. The summed E-state index contributed by atoms with van der Waals surface area (Å²) in [6.07, 6.45) is 0.605. The van der Waals surface area contributed by atoms with Crippen LogP contribution in [-0.4, -0.2) is 28.6 Å². The van der Waals surface area contributed by atoms with Crippen molar-refractivity contribution < 1.29 is 56.2 Å². The van der Waals surface area contributed by atoms with Gasteiger partial charge in [0.15, 0.2) is 0 Å². The maximum Gasteiger partial charge on any atom is 4.00 e. The van der Waals surface area contributed by atoms with Gasteiger partial charge >= 0.3 is 26.2 Å². The second kappa shape index (κ2) is 17.3. The van der Waals surface area contributed by atoms with Crippen LogP contribution in [0.25, 0.3) is 0 Å². The van der Waals surface area contributed by atoms with E-state index in [1.807, 2.05) is 6.92 Å². The quantitative estimate of drug-likeness (QED) is 0.564. The Morgan fingerprint density at radius 2 is 0.920 bits per heavy atom. The summed E-state index contributed by atoms with van der Waals surface area (Å²) in [5, 5.41) is 40.1. The number of rotatable bonds is 4. The van der Waals surface area contributed by atoms with Crippen LogP contribution in [0.4, 0.5) is 0 Å². The average molecular weight is 440 g/mol. The molecule has 0 rings (SSSR count). The third-order valence-corrected chi connectivity index (χ3v) is 0.870. The molecule has 0 aliphatic heterocycles. The molecule has 0 bridgehead atoms. The number of carboxylic acids is 1. The van der Waals surface area contributed by atoms with E-state index in [0.717, 1.165) is 0 Å². The molecule has 0 unspecified atom stereocenters. The number of hydrogen-bond acceptors (Lipinski definition) is 6. The van der Waals surface area contributed by atoms with Gasteiger partial charge in [0, 0.05) is 18.8 Å². The fraction of sp³-hybridized carbons (Fsp3) is 0.889. The third kappa shape index (κ3) is 241. The van der Waals surface area contributed by atoms with Gasteiger partial charge in [-0.2, -0.15) is 0 Å². The van der Waals surface area contributed by atoms with E-state index in [1.54, 1.807) is 62.3 Å². The number of hydrogen-bond donors (Lipinski definition) is 0. The maximum atomic E-state index is 10.4. The Morgan fingerprint density at radius 3 is 1.04 bits per heavy atom. The van der Waals surface area contributed by atoms with Gasteiger partial charge in [-0.15, -0.1) is 16.8 Å². The molecule has 148 valence electrons. The molecule has 0 aromatic carbocycles. The fourth-order valence-electron chi connectivity index (χ4n) is 0.528. The first-order chi connectivity index (χ1) is 10.2. The molecule has 25 heavy (non-hydrogen) atoms. The van der Waals surface area contributed by atoms with E-state index in [1.165, 1.54) is 0 Å². The number of carbonyl (C=O) groups is 2. The zero-order chi connectivity index (χ0) is 20.8. The Kier molecular flexibility index (Phi) is 24.9. The van der Waals surface area contributed by atoms with Gasteiger partial charge in [-0.25, -0.2) is 0 Å². The largest absolute Gasteiger partial charge is 4.00 e. The maximum absolute atomic E-state index is 10.4. The van der Waals surface area contributed by atoms with Gasteiger partial charge in [0.1, 0.15) is 5.78 Å². The molecule has 0 heterocycles. The van der Waals surface area contributed by atoms with Crippen LogP contribution in [0, 0.1) is 0 Å². The minimum atomic E-state index is -1.28. The molecule has 0 fully saturated rings. The van der Waals surface area contributed by atoms with Crippen molar-refractivity contribution in [3.05, 3.63) is 0 Å². The van der Waals surface area contributed by atoms with E-state index in [2.05, 4.69) is 0 Å². The first-order valence-electron chi connectivity index (χ1n) is 7.99. The molecule has 7 heteroatoms. The number of carboxylic acid groups (broad SMARTS) is 1. The Morgan fingerprint density at radius 1 is 0.720 bits per heavy atom. The SMILES string of the molecule is CC(C)(C)[O-].CC(C)(C)[O-].CC(C)(C)[O-].CCCC(=O)CC(=O)[O-].[Zr+4]. The second-order valence-corrected chi connectivity index (χ2v) is 8.17. The summed E-state index contributed by atoms with van der Waals surface area (Å²) in [6, 6.07) is 0. The molecule has 0 aromatic rings. The van der Waals surface area contributed by atoms with E-state index in [4.69, 9.17) is 0 Å². The van der Waals surface area contributed by atoms with Crippen LogP contribution < -0.4 is 20.4 Å². The number of aliphatic carboxylic acids is 1. The van der Waals surface area contributed by atoms with Crippen LogP contribution >= 0.6 is 0 Å². The average Bonchev–Trinajstić information content (AvgIpc) is 2.06. The van der Waals surface area contributed by atoms with Crippen molar-refractivity contribution in [2.75, 3.05) is 0 Å². The van der Waals surface area contributed by atoms with E-state index >= 15 is 0 Å². The molecule has 0 aromatic heterocycles. The number of carbonyl (C=O) groups excluding carboxylic acids is 2. The van der Waals surface area contributed by atoms with Gasteiger partial charge in [-0.3, -0.25) is 4.79 Å². The van der Waals surface area contributed by atoms with Gasteiger partial charge in [-0.05, 0) is 6.42 Å². The van der Waals surface area contributed by atoms with Gasteiger partial charge in [-0.1, -0.05) is 69.2 Å². The van der Waals surface area contributed by atoms with E-state index in [-0.39, 0.29) is 32.0 Å². The summed E-state index contributed by atoms with van der Waals surface area (Å²) in [5.74, 6) is -1.54. The summed E-state index contributed by atoms with van der Waals surface area (Å²) in [4.78, 5) is 20.2. The second-order valence-electron chi connectivity index (χ2n) is 8.17. The summed E-state index contributed by atoms with van der Waals surface area (Å²) in [7, 11) is 0. The molecule has 0 saturated heterocycles. The van der Waals surface area contributed by atoms with E-state index < -0.39 is 29.2 Å². The molecule has 0 amide bonds. The Balaban J connectivity index is -0.0000000733. The predicted molar refractivity (Wildman–Crippen MR) is 88.8 cm³/mol. The van der Waals surface area contributed by atoms with Crippen molar-refractivity contribution in [1.29, 1.82) is 0 Å². The summed E-state index contributed by atoms with van der Waals surface area (Å²) in [5.41, 5.74) is -2.25. The van der Waals surface area contributed by atoms with Gasteiger partial charge in [0.2, 0.25) is 0 Å². The zero-order valence-electron chi connectivity index (χ0n) is 17.6. The standard InChI is InChI=1S/C6H10O3.3C4H9O.Zr/c1-2-3-5(7)4-6(8)9;3*1-4(2,3)5;/h2-4H2,1H3,(H,8,9);3*1-3H3;/q;3*-1;+4/p-1. The van der Waals surface area contributed by atoms with E-state index in [9.17, 15) is 30.0 Å². The molecular formula is C18H36O6Zr. The van der Waals surface area contributed by atoms with Crippen LogP contribution in [0.5, 0.6) is 0 Å². The van der Waals surface area contributed by atoms with Crippen molar-refractivity contribution in [2.24, 2.45) is 0 Å². The van der Waals surface area contributed by atoms with Crippen LogP contribution in [0.1, 0.15) is 88.5 Å². The van der Waals surface area contributed by atoms with Crippen molar-refractivity contribution in [3.63, 3.8) is 0 Å². The molecule has 0 spiro atoms. The molecule has 0 saturated carbocycles. The molecule has 0 N–H and O–H groups in total. The van der Waals surface area contributed by atoms with Gasteiger partial charge in [0.25, 0.3) is 0 Å². The summed E-state index contributed by atoms with van der Waals surface area (Å²) < 4.78 is 0. The van der Waals surface area contributed by atoms with Gasteiger partial charge in [0.05, 0.1) is 0 Å². The van der Waals surface area contributed by atoms with Gasteiger partial charge < -0.3 is 25.2 Å². The Hall–Kier alpha value is -0.0969. The minimum absolute atomic E-state index is 0. The first kappa shape index (κ1) is 35.9. The van der Waals surface area contributed by atoms with Crippen LogP contribution in [0.15, 0.2) is 0 Å². The van der Waals surface area contributed by atoms with Crippen LogP contribution in [0.2, 0.25) is 0 Å². The zero-order valence-corrected chi connectivity index (χ0v) is 20.0. The summed E-state index contributed by atoms with van der Waals surface area (Å²) in [6.45, 7) is 16.5. The van der Waals surface area contributed by atoms with E-state index in [0.29, 0.717) is 12.8 Å². The van der Waals surface area contributed by atoms with Crippen molar-refractivity contribution >= 4 is 11.8 Å². The first-order valence-corrected chi connectivity index (χ1v) is 7.99. The van der Waals surface area contributed by atoms with Crippen LogP contribution in [-0.2, 0) is 35.8 Å². The molecular weight excluding hydrogens is 403 g/mol. The topological polar surface area (TPSA) is 126 Å². The number of ketones is 1. The summed E-state index contributed by atoms with van der Waals surface area (Å²) >= 11 is 0. The van der Waals surface area contributed by atoms with Crippen molar-refractivity contribution in [1.82, 2.24) is 0 Å². The molecule has 0 atom stereocenters. The fourth-order valence-corrected chi connectivity index (χ4v) is 0.528. The minimum Gasteiger partial charge on any atom is -0.850 e. The molecule has 0 radical (unpaired) electrons. The third-order valence-electron chi connectivity index (χ3n) is 0.870. The predicted octanol–water partition coefficient (Wildman–Crippen LogP) is -0.0713. The molecule has 0 aliphatic carbocycles. The Labute approximate surface area is 173 Å². The smallest absolute Gasteiger partial charge is 0.850 e.